The maximum absolute atomic E-state index is 12.8. The maximum atomic E-state index is 12.8. The van der Waals surface area contributed by atoms with E-state index in [2.05, 4.69) is 34.1 Å². The second-order valence-corrected chi connectivity index (χ2v) is 6.58. The van der Waals surface area contributed by atoms with E-state index in [0.29, 0.717) is 6.42 Å². The van der Waals surface area contributed by atoms with Crippen molar-refractivity contribution in [3.8, 4) is 5.75 Å². The van der Waals surface area contributed by atoms with Crippen molar-refractivity contribution in [1.29, 1.82) is 0 Å². The van der Waals surface area contributed by atoms with Crippen LogP contribution in [0.5, 0.6) is 5.75 Å². The molecule has 1 fully saturated rings. The Morgan fingerprint density at radius 2 is 1.81 bits per heavy atom. The monoisotopic (exact) mass is 349 g/mol. The molecule has 0 atom stereocenters. The molecule has 1 N–H and O–H groups in total. The summed E-state index contributed by atoms with van der Waals surface area (Å²) in [4.78, 5) is 20.3. The molecule has 1 aliphatic rings. The summed E-state index contributed by atoms with van der Waals surface area (Å²) in [5, 5.41) is 1.01. The quantitative estimate of drug-likeness (QED) is 0.787. The largest absolute Gasteiger partial charge is 0.496 e. The Morgan fingerprint density at radius 1 is 1.04 bits per heavy atom. The third-order valence-corrected chi connectivity index (χ3v) is 5.06. The third kappa shape index (κ3) is 3.12. The second-order valence-electron chi connectivity index (χ2n) is 6.58. The molecule has 2 aromatic carbocycles. The van der Waals surface area contributed by atoms with E-state index in [1.165, 1.54) is 5.69 Å². The second kappa shape index (κ2) is 7.12. The summed E-state index contributed by atoms with van der Waals surface area (Å²) in [5.74, 6) is 0.977. The molecule has 5 heteroatoms. The average molecular weight is 349 g/mol. The molecule has 0 aliphatic carbocycles. The fourth-order valence-electron chi connectivity index (χ4n) is 3.66. The lowest BCUT2D eigenvalue weighted by Crippen LogP contribution is -2.49. The molecule has 1 aromatic heterocycles. The van der Waals surface area contributed by atoms with E-state index in [0.717, 1.165) is 48.4 Å². The molecule has 3 aromatic rings. The first-order chi connectivity index (χ1) is 12.8. The number of para-hydroxylation sites is 1. The van der Waals surface area contributed by atoms with Gasteiger partial charge in [-0.15, -0.1) is 0 Å². The standard InChI is InChI=1S/C21H23N3O2/c1-26-19-9-5-8-18-21(19)16(15-22-18)14-20(25)24-12-10-23(11-13-24)17-6-3-2-4-7-17/h2-9,15,22H,10-14H2,1H3. The van der Waals surface area contributed by atoms with Gasteiger partial charge < -0.3 is 19.5 Å². The van der Waals surface area contributed by atoms with E-state index in [1.54, 1.807) is 7.11 Å². The number of hydrogen-bond donors (Lipinski definition) is 1. The van der Waals surface area contributed by atoms with Gasteiger partial charge in [-0.05, 0) is 29.8 Å². The molecule has 0 spiro atoms. The van der Waals surface area contributed by atoms with E-state index in [9.17, 15) is 4.79 Å². The molecule has 0 bridgehead atoms. The summed E-state index contributed by atoms with van der Waals surface area (Å²) < 4.78 is 5.47. The van der Waals surface area contributed by atoms with Crippen LogP contribution in [0.1, 0.15) is 5.56 Å². The Hall–Kier alpha value is -2.95. The van der Waals surface area contributed by atoms with Crippen molar-refractivity contribution >= 4 is 22.5 Å². The number of aromatic nitrogens is 1. The molecule has 1 amide bonds. The molecule has 0 saturated carbocycles. The van der Waals surface area contributed by atoms with Crippen LogP contribution < -0.4 is 9.64 Å². The van der Waals surface area contributed by atoms with Gasteiger partial charge in [0, 0.05) is 49.0 Å². The van der Waals surface area contributed by atoms with E-state index in [-0.39, 0.29) is 5.91 Å². The zero-order valence-electron chi connectivity index (χ0n) is 14.9. The van der Waals surface area contributed by atoms with Crippen molar-refractivity contribution in [3.05, 3.63) is 60.3 Å². The van der Waals surface area contributed by atoms with Crippen molar-refractivity contribution in [2.75, 3.05) is 38.2 Å². The SMILES string of the molecule is COc1cccc2[nH]cc(CC(=O)N3CCN(c4ccccc4)CC3)c12. The van der Waals surface area contributed by atoms with Crippen molar-refractivity contribution < 1.29 is 9.53 Å². The molecule has 1 saturated heterocycles. The molecule has 0 unspecified atom stereocenters. The maximum Gasteiger partial charge on any atom is 0.227 e. The molecule has 2 heterocycles. The number of hydrogen-bond acceptors (Lipinski definition) is 3. The van der Waals surface area contributed by atoms with E-state index in [1.807, 2.05) is 35.4 Å². The smallest absolute Gasteiger partial charge is 0.227 e. The predicted octanol–water partition coefficient (Wildman–Crippen LogP) is 3.07. The van der Waals surface area contributed by atoms with Gasteiger partial charge in [0.25, 0.3) is 0 Å². The summed E-state index contributed by atoms with van der Waals surface area (Å²) >= 11 is 0. The minimum absolute atomic E-state index is 0.171. The van der Waals surface area contributed by atoms with Gasteiger partial charge in [0.15, 0.2) is 0 Å². The zero-order chi connectivity index (χ0) is 17.9. The lowest BCUT2D eigenvalue weighted by molar-refractivity contribution is -0.130. The van der Waals surface area contributed by atoms with Gasteiger partial charge in [0.1, 0.15) is 5.75 Å². The number of piperazine rings is 1. The van der Waals surface area contributed by atoms with Crippen LogP contribution in [-0.2, 0) is 11.2 Å². The predicted molar refractivity (Wildman–Crippen MR) is 104 cm³/mol. The van der Waals surface area contributed by atoms with Gasteiger partial charge >= 0.3 is 0 Å². The summed E-state index contributed by atoms with van der Waals surface area (Å²) in [6.45, 7) is 3.25. The summed E-state index contributed by atoms with van der Waals surface area (Å²) in [5.41, 5.74) is 3.22. The van der Waals surface area contributed by atoms with Crippen LogP contribution in [0.3, 0.4) is 0 Å². The summed E-state index contributed by atoms with van der Waals surface area (Å²) in [7, 11) is 1.66. The molecule has 4 rings (SSSR count). The highest BCUT2D eigenvalue weighted by atomic mass is 16.5. The Labute approximate surface area is 153 Å². The molecule has 26 heavy (non-hydrogen) atoms. The first-order valence-electron chi connectivity index (χ1n) is 8.97. The Balaban J connectivity index is 1.44. The number of nitrogens with zero attached hydrogens (tertiary/aromatic N) is 2. The summed E-state index contributed by atoms with van der Waals surface area (Å²) in [6, 6.07) is 16.3. The number of amides is 1. The first-order valence-corrected chi connectivity index (χ1v) is 8.97. The van der Waals surface area contributed by atoms with Crippen molar-refractivity contribution in [1.82, 2.24) is 9.88 Å². The number of anilines is 1. The number of rotatable bonds is 4. The molecule has 5 nitrogen and oxygen atoms in total. The highest BCUT2D eigenvalue weighted by molar-refractivity contribution is 5.93. The molecule has 134 valence electrons. The number of ether oxygens (including phenoxy) is 1. The van der Waals surface area contributed by atoms with Crippen LogP contribution in [-0.4, -0.2) is 49.1 Å². The zero-order valence-corrected chi connectivity index (χ0v) is 14.9. The van der Waals surface area contributed by atoms with Crippen molar-refractivity contribution in [2.45, 2.75) is 6.42 Å². The van der Waals surface area contributed by atoms with Gasteiger partial charge in [0.05, 0.1) is 13.5 Å². The number of fused-ring (bicyclic) bond motifs is 1. The minimum atomic E-state index is 0.171. The first kappa shape index (κ1) is 16.5. The van der Waals surface area contributed by atoms with Gasteiger partial charge in [-0.25, -0.2) is 0 Å². The number of aromatic amines is 1. The molecular weight excluding hydrogens is 326 g/mol. The normalized spacial score (nSPS) is 14.7. The topological polar surface area (TPSA) is 48.6 Å². The van der Waals surface area contributed by atoms with Crippen LogP contribution in [0.2, 0.25) is 0 Å². The number of benzene rings is 2. The van der Waals surface area contributed by atoms with Crippen molar-refractivity contribution in [2.24, 2.45) is 0 Å². The Kier molecular flexibility index (Phi) is 4.52. The number of nitrogens with one attached hydrogen (secondary N) is 1. The van der Waals surface area contributed by atoms with E-state index >= 15 is 0 Å². The number of H-pyrrole nitrogens is 1. The van der Waals surface area contributed by atoms with Crippen LogP contribution in [0.15, 0.2) is 54.7 Å². The fraction of sp³-hybridized carbons (Fsp3) is 0.286. The van der Waals surface area contributed by atoms with Gasteiger partial charge in [0.2, 0.25) is 5.91 Å². The minimum Gasteiger partial charge on any atom is -0.496 e. The number of carbonyl (C=O) groups is 1. The Bertz CT molecular complexity index is 896. The highest BCUT2D eigenvalue weighted by Crippen LogP contribution is 2.29. The fourth-order valence-corrected chi connectivity index (χ4v) is 3.66. The van der Waals surface area contributed by atoms with Crippen LogP contribution in [0, 0.1) is 0 Å². The average Bonchev–Trinajstić information content (AvgIpc) is 3.12. The number of methoxy groups -OCH3 is 1. The van der Waals surface area contributed by atoms with Crippen LogP contribution in [0.4, 0.5) is 5.69 Å². The lowest BCUT2D eigenvalue weighted by atomic mass is 10.1. The van der Waals surface area contributed by atoms with Gasteiger partial charge in [-0.3, -0.25) is 4.79 Å². The van der Waals surface area contributed by atoms with Crippen molar-refractivity contribution in [3.63, 3.8) is 0 Å². The van der Waals surface area contributed by atoms with Gasteiger partial charge in [-0.2, -0.15) is 0 Å². The van der Waals surface area contributed by atoms with E-state index < -0.39 is 0 Å². The highest BCUT2D eigenvalue weighted by Gasteiger charge is 2.22. The molecule has 1 aliphatic heterocycles. The van der Waals surface area contributed by atoms with Crippen LogP contribution in [0.25, 0.3) is 10.9 Å². The van der Waals surface area contributed by atoms with Gasteiger partial charge in [-0.1, -0.05) is 24.3 Å². The molecular formula is C21H23N3O2. The number of carbonyl (C=O) groups excluding carboxylic acids is 1. The van der Waals surface area contributed by atoms with E-state index in [4.69, 9.17) is 4.74 Å². The van der Waals surface area contributed by atoms with Crippen LogP contribution >= 0.6 is 0 Å². The Morgan fingerprint density at radius 3 is 2.54 bits per heavy atom. The summed E-state index contributed by atoms with van der Waals surface area (Å²) in [6.07, 6.45) is 2.32. The molecule has 0 radical (unpaired) electrons. The lowest BCUT2D eigenvalue weighted by Gasteiger charge is -2.36. The third-order valence-electron chi connectivity index (χ3n) is 5.06.